The second-order valence-corrected chi connectivity index (χ2v) is 13.5. The van der Waals surface area contributed by atoms with Gasteiger partial charge in [0.25, 0.3) is 0 Å². The second-order valence-electron chi connectivity index (χ2n) is 13.5. The molecule has 4 aliphatic carbocycles. The minimum absolute atomic E-state index is 0.117. The number of aliphatic hydroxyl groups is 5. The van der Waals surface area contributed by atoms with Crippen molar-refractivity contribution in [2.75, 3.05) is 20.3 Å². The lowest BCUT2D eigenvalue weighted by atomic mass is 9.44. The number of esters is 1. The van der Waals surface area contributed by atoms with Crippen molar-refractivity contribution < 1.29 is 44.5 Å². The van der Waals surface area contributed by atoms with Gasteiger partial charge >= 0.3 is 5.97 Å². The second kappa shape index (κ2) is 11.3. The number of methoxy groups -OCH3 is 1. The monoisotopic (exact) mass is 552 g/mol. The highest BCUT2D eigenvalue weighted by Crippen LogP contribution is 2.68. The molecule has 4 saturated carbocycles. The van der Waals surface area contributed by atoms with Gasteiger partial charge in [-0.1, -0.05) is 13.8 Å². The fraction of sp³-hybridized carbons (Fsp3) is 0.900. The average molecular weight is 553 g/mol. The lowest BCUT2D eigenvalue weighted by Gasteiger charge is -2.61. The Morgan fingerprint density at radius 1 is 0.923 bits per heavy atom. The number of rotatable bonds is 3. The lowest BCUT2D eigenvalue weighted by molar-refractivity contribution is -0.286. The van der Waals surface area contributed by atoms with E-state index in [0.717, 1.165) is 23.7 Å². The Balaban J connectivity index is 0.000000217. The zero-order valence-corrected chi connectivity index (χ0v) is 23.6. The van der Waals surface area contributed by atoms with Crippen LogP contribution in [0.4, 0.5) is 0 Å². The molecule has 0 aromatic carbocycles. The van der Waals surface area contributed by atoms with Gasteiger partial charge in [0.1, 0.15) is 31.0 Å². The first-order chi connectivity index (χ1) is 18.5. The summed E-state index contributed by atoms with van der Waals surface area (Å²) in [6.45, 7) is 5.20. The molecule has 1 saturated heterocycles. The van der Waals surface area contributed by atoms with Crippen LogP contribution in [0, 0.1) is 40.4 Å². The van der Waals surface area contributed by atoms with Gasteiger partial charge in [-0.15, -0.1) is 0 Å². The predicted octanol–water partition coefficient (Wildman–Crippen LogP) is 1.92. The van der Waals surface area contributed by atoms with Crippen molar-refractivity contribution in [2.45, 2.75) is 108 Å². The van der Waals surface area contributed by atoms with Crippen molar-refractivity contribution in [3.63, 3.8) is 0 Å². The predicted molar refractivity (Wildman–Crippen MR) is 141 cm³/mol. The molecule has 5 N–H and O–H groups in total. The van der Waals surface area contributed by atoms with Gasteiger partial charge in [-0.05, 0) is 104 Å². The number of cyclic esters (lactones) is 1. The molecule has 0 aromatic rings. The van der Waals surface area contributed by atoms with E-state index in [1.165, 1.54) is 63.4 Å². The third-order valence-corrected chi connectivity index (χ3v) is 11.9. The summed E-state index contributed by atoms with van der Waals surface area (Å²) < 4.78 is 15.6. The Morgan fingerprint density at radius 2 is 1.64 bits per heavy atom. The number of aliphatic hydroxyl groups excluding tert-OH is 5. The van der Waals surface area contributed by atoms with E-state index in [2.05, 4.69) is 18.6 Å². The Morgan fingerprint density at radius 3 is 2.31 bits per heavy atom. The van der Waals surface area contributed by atoms with E-state index in [4.69, 9.17) is 35.0 Å². The molecule has 222 valence electrons. The molecule has 39 heavy (non-hydrogen) atoms. The highest BCUT2D eigenvalue weighted by atomic mass is 16.6. The molecule has 5 fully saturated rings. The molecule has 0 bridgehead atoms. The van der Waals surface area contributed by atoms with Crippen molar-refractivity contribution in [3.05, 3.63) is 11.6 Å². The van der Waals surface area contributed by atoms with E-state index < -0.39 is 37.3 Å². The normalized spacial score (nSPS) is 51.0. The van der Waals surface area contributed by atoms with Gasteiger partial charge < -0.3 is 39.7 Å². The van der Waals surface area contributed by atoms with Crippen LogP contribution in [0.5, 0.6) is 0 Å². The van der Waals surface area contributed by atoms with Gasteiger partial charge in [0.05, 0.1) is 12.7 Å². The molecule has 2 aliphatic heterocycles. The lowest BCUT2D eigenvalue weighted by Crippen LogP contribution is -2.58. The van der Waals surface area contributed by atoms with Crippen molar-refractivity contribution in [1.29, 1.82) is 0 Å². The summed E-state index contributed by atoms with van der Waals surface area (Å²) in [5, 5.41) is 44.7. The van der Waals surface area contributed by atoms with Crippen LogP contribution in [-0.2, 0) is 19.0 Å². The molecule has 1 unspecified atom stereocenters. The topological polar surface area (TPSA) is 146 Å². The van der Waals surface area contributed by atoms with E-state index in [1.54, 1.807) is 0 Å². The van der Waals surface area contributed by atoms with Crippen molar-refractivity contribution in [2.24, 2.45) is 40.4 Å². The molecule has 6 aliphatic rings. The SMILES string of the molecule is CO[C@H]1CC[C@@]2(C)[C@H](CC[C@@H]3[C@@H]2CC[C@]2(C)[C@@H](C4=CC(=O)OC4)CC[C@@H]32)C1.OC[C@H]1OC(O)[C@H](O)[C@@H](O)[C@@H]1O. The third kappa shape index (κ3) is 5.11. The molecule has 13 atom stereocenters. The van der Waals surface area contributed by atoms with E-state index in [0.29, 0.717) is 29.5 Å². The first-order valence-electron chi connectivity index (χ1n) is 14.9. The summed E-state index contributed by atoms with van der Waals surface area (Å²) in [5.74, 6) is 3.96. The van der Waals surface area contributed by atoms with Gasteiger partial charge in [-0.3, -0.25) is 0 Å². The van der Waals surface area contributed by atoms with Crippen molar-refractivity contribution >= 4 is 5.97 Å². The maximum absolute atomic E-state index is 11.6. The van der Waals surface area contributed by atoms with Crippen LogP contribution in [0.15, 0.2) is 11.6 Å². The van der Waals surface area contributed by atoms with E-state index in [1.807, 2.05) is 13.2 Å². The Hall–Kier alpha value is -1.07. The van der Waals surface area contributed by atoms with Crippen LogP contribution in [0.25, 0.3) is 0 Å². The van der Waals surface area contributed by atoms with Crippen LogP contribution < -0.4 is 0 Å². The minimum Gasteiger partial charge on any atom is -0.458 e. The van der Waals surface area contributed by atoms with Gasteiger partial charge in [0, 0.05) is 13.2 Å². The Bertz CT molecular complexity index is 919. The fourth-order valence-electron chi connectivity index (χ4n) is 9.71. The Kier molecular flexibility index (Phi) is 8.53. The molecule has 0 spiro atoms. The summed E-state index contributed by atoms with van der Waals surface area (Å²) in [7, 11) is 1.90. The highest BCUT2D eigenvalue weighted by Gasteiger charge is 2.60. The molecule has 0 amide bonds. The molecule has 6 rings (SSSR count). The summed E-state index contributed by atoms with van der Waals surface area (Å²) >= 11 is 0. The Labute approximate surface area is 231 Å². The number of carbonyl (C=O) groups is 1. The smallest absolute Gasteiger partial charge is 0.331 e. The first-order valence-corrected chi connectivity index (χ1v) is 14.9. The molecular formula is C30H48O9. The number of hydrogen-bond acceptors (Lipinski definition) is 9. The molecule has 9 heteroatoms. The van der Waals surface area contributed by atoms with Crippen LogP contribution in [0.1, 0.15) is 71.6 Å². The summed E-state index contributed by atoms with van der Waals surface area (Å²) in [6, 6.07) is 0. The zero-order valence-electron chi connectivity index (χ0n) is 23.6. The summed E-state index contributed by atoms with van der Waals surface area (Å²) in [5.41, 5.74) is 2.21. The first kappa shape index (κ1) is 29.4. The van der Waals surface area contributed by atoms with Gasteiger partial charge in [-0.2, -0.15) is 0 Å². The van der Waals surface area contributed by atoms with Crippen molar-refractivity contribution in [1.82, 2.24) is 0 Å². The molecule has 0 radical (unpaired) electrons. The standard InChI is InChI=1S/C24H36O3.C6H12O6/c1-23-10-8-17(26-3)13-16(23)4-5-18-20-7-6-19(15-12-22(25)27-14-15)24(20,2)11-9-21(18)23;7-1-2-3(8)4(9)5(10)6(11)12-2/h12,16-21H,4-11,13-14H2,1-3H3;2-11H,1H2/t16-,17+,18+,19-,20+,21+,23+,24-;2-,3-,4+,5-,6?/m11/s1. The maximum Gasteiger partial charge on any atom is 0.331 e. The highest BCUT2D eigenvalue weighted by molar-refractivity contribution is 5.85. The quantitative estimate of drug-likeness (QED) is 0.332. The minimum atomic E-state index is -1.57. The van der Waals surface area contributed by atoms with Crippen molar-refractivity contribution in [3.8, 4) is 0 Å². The summed E-state index contributed by atoms with van der Waals surface area (Å²) in [6.07, 6.45) is 7.34. The van der Waals surface area contributed by atoms with E-state index in [9.17, 15) is 4.79 Å². The number of fused-ring (bicyclic) bond motifs is 5. The fourth-order valence-corrected chi connectivity index (χ4v) is 9.71. The molecule has 0 aromatic heterocycles. The van der Waals surface area contributed by atoms with Gasteiger partial charge in [0.15, 0.2) is 6.29 Å². The van der Waals surface area contributed by atoms with Gasteiger partial charge in [-0.25, -0.2) is 4.79 Å². The molecule has 9 nitrogen and oxygen atoms in total. The third-order valence-electron chi connectivity index (χ3n) is 11.9. The number of carbonyl (C=O) groups excluding carboxylic acids is 1. The van der Waals surface area contributed by atoms with Crippen LogP contribution >= 0.6 is 0 Å². The largest absolute Gasteiger partial charge is 0.458 e. The van der Waals surface area contributed by atoms with E-state index >= 15 is 0 Å². The van der Waals surface area contributed by atoms with E-state index in [-0.39, 0.29) is 5.97 Å². The van der Waals surface area contributed by atoms with Crippen LogP contribution in [-0.4, -0.2) is 88.6 Å². The van der Waals surface area contributed by atoms with Crippen LogP contribution in [0.3, 0.4) is 0 Å². The summed E-state index contributed by atoms with van der Waals surface area (Å²) in [4.78, 5) is 11.6. The van der Waals surface area contributed by atoms with Gasteiger partial charge in [0.2, 0.25) is 0 Å². The number of ether oxygens (including phenoxy) is 3. The number of hydrogen-bond donors (Lipinski definition) is 5. The average Bonchev–Trinajstić information content (AvgIpc) is 3.51. The maximum atomic E-state index is 11.6. The molecule has 2 heterocycles. The molecular weight excluding hydrogens is 504 g/mol. The zero-order chi connectivity index (χ0) is 28.1. The van der Waals surface area contributed by atoms with Crippen LogP contribution in [0.2, 0.25) is 0 Å².